The van der Waals surface area contributed by atoms with Gasteiger partial charge in [0.05, 0.1) is 28.2 Å². The average Bonchev–Trinajstić information content (AvgIpc) is 3.57. The molecule has 9 heteroatoms. The number of nitro groups is 1. The first-order chi connectivity index (χ1) is 18.5. The number of nitrogens with two attached hydrogens (primary N) is 1. The molecule has 9 nitrogen and oxygen atoms in total. The predicted molar refractivity (Wildman–Crippen MR) is 150 cm³/mol. The van der Waals surface area contributed by atoms with E-state index in [9.17, 15) is 14.9 Å². The number of rotatable bonds is 9. The molecule has 2 heterocycles. The Labute approximate surface area is 219 Å². The summed E-state index contributed by atoms with van der Waals surface area (Å²) in [6.07, 6.45) is 9.04. The summed E-state index contributed by atoms with van der Waals surface area (Å²) in [6.45, 7) is 0.612. The molecule has 1 aliphatic rings. The van der Waals surface area contributed by atoms with Gasteiger partial charge in [-0.05, 0) is 60.4 Å². The van der Waals surface area contributed by atoms with Crippen LogP contribution in [0.3, 0.4) is 0 Å². The number of hydrogen-bond donors (Lipinski definition) is 4. The number of nitrogens with one attached hydrogen (secondary N) is 3. The van der Waals surface area contributed by atoms with Crippen molar-refractivity contribution in [1.82, 2.24) is 9.97 Å². The highest BCUT2D eigenvalue weighted by molar-refractivity contribution is 6.37. The van der Waals surface area contributed by atoms with Gasteiger partial charge in [-0.25, -0.2) is 4.98 Å². The smallest absolute Gasteiger partial charge is 0.270 e. The van der Waals surface area contributed by atoms with Gasteiger partial charge in [-0.1, -0.05) is 42.5 Å². The minimum Gasteiger partial charge on any atom is -0.354 e. The van der Waals surface area contributed by atoms with Crippen LogP contribution in [0, 0.1) is 10.1 Å². The summed E-state index contributed by atoms with van der Waals surface area (Å²) in [7, 11) is 0. The van der Waals surface area contributed by atoms with Gasteiger partial charge in [-0.3, -0.25) is 14.9 Å². The van der Waals surface area contributed by atoms with E-state index in [0.29, 0.717) is 29.1 Å². The predicted octanol–water partition coefficient (Wildman–Crippen LogP) is 5.31. The molecule has 38 heavy (non-hydrogen) atoms. The Morgan fingerprint density at radius 3 is 2.53 bits per heavy atom. The number of carbonyl (C=O) groups is 1. The lowest BCUT2D eigenvalue weighted by Crippen LogP contribution is -2.10. The van der Waals surface area contributed by atoms with E-state index >= 15 is 0 Å². The summed E-state index contributed by atoms with van der Waals surface area (Å²) in [5, 5.41) is 17.7. The lowest BCUT2D eigenvalue weighted by atomic mass is 9.98. The van der Waals surface area contributed by atoms with Gasteiger partial charge in [0, 0.05) is 35.3 Å². The van der Waals surface area contributed by atoms with Crippen LogP contribution in [0.5, 0.6) is 0 Å². The molecule has 3 aromatic carbocycles. The number of anilines is 2. The number of benzene rings is 3. The van der Waals surface area contributed by atoms with E-state index in [1.165, 1.54) is 12.1 Å². The summed E-state index contributed by atoms with van der Waals surface area (Å²) >= 11 is 0. The Bertz CT molecular complexity index is 1520. The van der Waals surface area contributed by atoms with Crippen LogP contribution in [-0.4, -0.2) is 27.3 Å². The number of fused-ring (bicyclic) bond motifs is 1. The van der Waals surface area contributed by atoms with Crippen molar-refractivity contribution >= 4 is 46.4 Å². The number of non-ortho nitro benzene ring substituents is 1. The molecule has 190 valence electrons. The van der Waals surface area contributed by atoms with E-state index in [1.807, 2.05) is 60.7 Å². The van der Waals surface area contributed by atoms with Crippen LogP contribution in [0.25, 0.3) is 23.4 Å². The molecule has 0 radical (unpaired) electrons. The number of imidazole rings is 1. The minimum absolute atomic E-state index is 0.0812. The zero-order chi connectivity index (χ0) is 26.5. The zero-order valence-corrected chi connectivity index (χ0v) is 20.5. The van der Waals surface area contributed by atoms with Crippen molar-refractivity contribution in [3.63, 3.8) is 0 Å². The maximum atomic E-state index is 13.2. The number of H-pyrrole nitrogens is 1. The van der Waals surface area contributed by atoms with Gasteiger partial charge in [0.2, 0.25) is 0 Å². The SMILES string of the molecule is NCCCc1ccc(C(Nc2ccc(C=Cc3c[nH]cn3)cc2)=C2C(=O)Nc3ccc([N+](=O)[O-])cc32)cc1. The minimum atomic E-state index is -0.463. The highest BCUT2D eigenvalue weighted by Crippen LogP contribution is 2.39. The first-order valence-electron chi connectivity index (χ1n) is 12.2. The number of aromatic nitrogens is 2. The number of amides is 1. The van der Waals surface area contributed by atoms with Gasteiger partial charge >= 0.3 is 0 Å². The molecule has 4 aromatic rings. The van der Waals surface area contributed by atoms with E-state index in [2.05, 4.69) is 20.6 Å². The summed E-state index contributed by atoms with van der Waals surface area (Å²) < 4.78 is 0. The fourth-order valence-electron chi connectivity index (χ4n) is 4.31. The second-order valence-electron chi connectivity index (χ2n) is 8.85. The number of aryl methyl sites for hydroxylation is 1. The summed E-state index contributed by atoms with van der Waals surface area (Å²) in [5.74, 6) is -0.325. The second-order valence-corrected chi connectivity index (χ2v) is 8.85. The normalized spacial score (nSPS) is 13.9. The largest absolute Gasteiger partial charge is 0.354 e. The highest BCUT2D eigenvalue weighted by atomic mass is 16.6. The third kappa shape index (κ3) is 5.37. The average molecular weight is 507 g/mol. The molecule has 0 aliphatic carbocycles. The van der Waals surface area contributed by atoms with Gasteiger partial charge in [0.15, 0.2) is 0 Å². The van der Waals surface area contributed by atoms with Crippen LogP contribution >= 0.6 is 0 Å². The van der Waals surface area contributed by atoms with Gasteiger partial charge in [0.25, 0.3) is 11.6 Å². The quantitative estimate of drug-likeness (QED) is 0.138. The molecule has 5 rings (SSSR count). The van der Waals surface area contributed by atoms with Crippen LogP contribution in [0.2, 0.25) is 0 Å². The standard InChI is InChI=1S/C29H26N6O3/c30-15-1-2-19-3-8-21(9-4-19)28(27-25-16-24(35(37)38)13-14-26(25)34-29(27)36)33-22-10-5-20(6-11-22)7-12-23-17-31-18-32-23/h3-14,16-18,33H,1-2,15,30H2,(H,31,32)(H,34,36). The molecule has 0 saturated carbocycles. The first kappa shape index (κ1) is 24.7. The van der Waals surface area contributed by atoms with Crippen molar-refractivity contribution in [2.45, 2.75) is 12.8 Å². The fourth-order valence-corrected chi connectivity index (χ4v) is 4.31. The molecule has 1 amide bonds. The highest BCUT2D eigenvalue weighted by Gasteiger charge is 2.30. The monoisotopic (exact) mass is 506 g/mol. The summed E-state index contributed by atoms with van der Waals surface area (Å²) in [6, 6.07) is 20.0. The van der Waals surface area contributed by atoms with E-state index < -0.39 is 4.92 Å². The molecule has 0 bridgehead atoms. The number of carbonyl (C=O) groups excluding carboxylic acids is 1. The van der Waals surface area contributed by atoms with Crippen LogP contribution in [0.4, 0.5) is 17.1 Å². The Balaban J connectivity index is 1.53. The summed E-state index contributed by atoms with van der Waals surface area (Å²) in [4.78, 5) is 31.3. The molecule has 0 spiro atoms. The third-order valence-corrected chi connectivity index (χ3v) is 6.27. The zero-order valence-electron chi connectivity index (χ0n) is 20.5. The van der Waals surface area contributed by atoms with Gasteiger partial charge in [-0.2, -0.15) is 0 Å². The third-order valence-electron chi connectivity index (χ3n) is 6.27. The van der Waals surface area contributed by atoms with E-state index in [1.54, 1.807) is 18.6 Å². The lowest BCUT2D eigenvalue weighted by Gasteiger charge is -2.15. The van der Waals surface area contributed by atoms with E-state index in [4.69, 9.17) is 5.73 Å². The van der Waals surface area contributed by atoms with Crippen molar-refractivity contribution in [2.24, 2.45) is 5.73 Å². The van der Waals surface area contributed by atoms with Gasteiger partial charge in [0.1, 0.15) is 0 Å². The molecule has 1 aromatic heterocycles. The molecule has 0 fully saturated rings. The Hall–Kier alpha value is -5.02. The topological polar surface area (TPSA) is 139 Å². The molecule has 1 aliphatic heterocycles. The first-order valence-corrected chi connectivity index (χ1v) is 12.2. The molecular formula is C29H26N6O3. The molecule has 0 saturated heterocycles. The second kappa shape index (κ2) is 10.9. The molecular weight excluding hydrogens is 480 g/mol. The number of nitrogens with zero attached hydrogens (tertiary/aromatic N) is 2. The Morgan fingerprint density at radius 1 is 1.05 bits per heavy atom. The van der Waals surface area contributed by atoms with Gasteiger partial charge < -0.3 is 21.4 Å². The van der Waals surface area contributed by atoms with Crippen LogP contribution in [0.15, 0.2) is 79.3 Å². The Morgan fingerprint density at radius 2 is 1.84 bits per heavy atom. The van der Waals surface area contributed by atoms with Crippen LogP contribution in [-0.2, 0) is 11.2 Å². The maximum Gasteiger partial charge on any atom is 0.270 e. The van der Waals surface area contributed by atoms with E-state index in [0.717, 1.165) is 40.9 Å². The number of hydrogen-bond acceptors (Lipinski definition) is 6. The van der Waals surface area contributed by atoms with E-state index in [-0.39, 0.29) is 11.6 Å². The number of aromatic amines is 1. The van der Waals surface area contributed by atoms with Gasteiger partial charge in [-0.15, -0.1) is 0 Å². The molecule has 0 atom stereocenters. The Kier molecular flexibility index (Phi) is 7.10. The van der Waals surface area contributed by atoms with Crippen molar-refractivity contribution in [2.75, 3.05) is 17.2 Å². The van der Waals surface area contributed by atoms with Crippen molar-refractivity contribution < 1.29 is 9.72 Å². The maximum absolute atomic E-state index is 13.2. The van der Waals surface area contributed by atoms with Crippen molar-refractivity contribution in [3.8, 4) is 0 Å². The van der Waals surface area contributed by atoms with Crippen LogP contribution in [0.1, 0.15) is 34.4 Å². The fraction of sp³-hybridized carbons (Fsp3) is 0.103. The van der Waals surface area contributed by atoms with Crippen LogP contribution < -0.4 is 16.4 Å². The molecule has 5 N–H and O–H groups in total. The lowest BCUT2D eigenvalue weighted by molar-refractivity contribution is -0.384. The van der Waals surface area contributed by atoms with Crippen molar-refractivity contribution in [3.05, 3.63) is 117 Å². The van der Waals surface area contributed by atoms with Crippen molar-refractivity contribution in [1.29, 1.82) is 0 Å². The number of nitro benzene ring substituents is 1. The summed E-state index contributed by atoms with van der Waals surface area (Å²) in [5.41, 5.74) is 12.0. The molecule has 0 unspecified atom stereocenters.